The normalized spacial score (nSPS) is 11.2. The molecular formula is C17H12N4O2. The number of nitrogens with zero attached hydrogens (tertiary/aromatic N) is 2. The van der Waals surface area contributed by atoms with Crippen LogP contribution in [0, 0.1) is 23.7 Å². The predicted molar refractivity (Wildman–Crippen MR) is 85.2 cm³/mol. The second-order valence-corrected chi connectivity index (χ2v) is 5.33. The van der Waals surface area contributed by atoms with E-state index in [1.54, 1.807) is 13.2 Å². The lowest BCUT2D eigenvalue weighted by Crippen LogP contribution is -2.12. The Labute approximate surface area is 130 Å². The molecule has 6 heteroatoms. The van der Waals surface area contributed by atoms with Crippen LogP contribution in [0.25, 0.3) is 33.0 Å². The van der Waals surface area contributed by atoms with Crippen molar-refractivity contribution >= 4 is 33.0 Å². The molecule has 4 rings (SSSR count). The summed E-state index contributed by atoms with van der Waals surface area (Å²) in [6, 6.07) is 9.62. The average Bonchev–Trinajstić information content (AvgIpc) is 2.54. The molecule has 2 N–H and O–H groups in total. The van der Waals surface area contributed by atoms with Crippen LogP contribution in [0.3, 0.4) is 0 Å². The van der Waals surface area contributed by atoms with Crippen LogP contribution in [0.4, 0.5) is 0 Å². The van der Waals surface area contributed by atoms with E-state index < -0.39 is 0 Å². The van der Waals surface area contributed by atoms with E-state index in [1.165, 1.54) is 0 Å². The van der Waals surface area contributed by atoms with Crippen molar-refractivity contribution in [2.75, 3.05) is 7.11 Å². The summed E-state index contributed by atoms with van der Waals surface area (Å²) < 4.78 is 11.1. The van der Waals surface area contributed by atoms with Crippen LogP contribution < -0.4 is 10.2 Å². The molecule has 0 saturated heterocycles. The molecule has 3 heterocycles. The molecule has 0 spiro atoms. The summed E-state index contributed by atoms with van der Waals surface area (Å²) in [6.45, 7) is 1.92. The predicted octanol–water partition coefficient (Wildman–Crippen LogP) is 3.13. The van der Waals surface area contributed by atoms with Crippen molar-refractivity contribution in [2.45, 2.75) is 6.92 Å². The lowest BCUT2D eigenvalue weighted by atomic mass is 10.0. The fourth-order valence-corrected chi connectivity index (χ4v) is 2.90. The van der Waals surface area contributed by atoms with Gasteiger partial charge in [0, 0.05) is 22.5 Å². The van der Waals surface area contributed by atoms with Crippen LogP contribution >= 0.6 is 0 Å². The molecule has 0 amide bonds. The largest absolute Gasteiger partial charge is 0.497 e. The SMILES string of the molecule is COc1ccc2c(c1)oc1nc(=N)c(C#N)c3[nH]c(C)cc2c13. The Morgan fingerprint density at radius 1 is 1.30 bits per heavy atom. The summed E-state index contributed by atoms with van der Waals surface area (Å²) in [5.41, 5.74) is 2.54. The summed E-state index contributed by atoms with van der Waals surface area (Å²) in [7, 11) is 1.59. The monoisotopic (exact) mass is 304 g/mol. The topological polar surface area (TPSA) is 98.7 Å². The summed E-state index contributed by atoms with van der Waals surface area (Å²) in [5.74, 6) is 0.683. The third-order valence-corrected chi connectivity index (χ3v) is 3.91. The molecule has 0 fully saturated rings. The Hall–Kier alpha value is -3.33. The third kappa shape index (κ3) is 1.80. The molecule has 112 valence electrons. The lowest BCUT2D eigenvalue weighted by molar-refractivity contribution is 0.414. The van der Waals surface area contributed by atoms with E-state index in [-0.39, 0.29) is 11.1 Å². The number of aryl methyl sites for hydroxylation is 1. The number of fused-ring (bicyclic) bond motifs is 2. The van der Waals surface area contributed by atoms with E-state index in [9.17, 15) is 5.26 Å². The number of rotatable bonds is 1. The Bertz CT molecular complexity index is 1190. The number of benzene rings is 1. The fourth-order valence-electron chi connectivity index (χ4n) is 2.90. The fraction of sp³-hybridized carbons (Fsp3) is 0.118. The molecule has 0 unspecified atom stereocenters. The van der Waals surface area contributed by atoms with Crippen LogP contribution in [0.1, 0.15) is 11.3 Å². The zero-order valence-corrected chi connectivity index (χ0v) is 12.5. The quantitative estimate of drug-likeness (QED) is 0.417. The number of aromatic amines is 1. The molecule has 0 radical (unpaired) electrons. The number of aromatic nitrogens is 2. The van der Waals surface area contributed by atoms with Crippen molar-refractivity contribution in [3.63, 3.8) is 0 Å². The van der Waals surface area contributed by atoms with Gasteiger partial charge < -0.3 is 14.1 Å². The van der Waals surface area contributed by atoms with Crippen molar-refractivity contribution in [1.82, 2.24) is 9.97 Å². The number of hydrogen-bond donors (Lipinski definition) is 2. The zero-order chi connectivity index (χ0) is 16.1. The highest BCUT2D eigenvalue weighted by atomic mass is 16.5. The van der Waals surface area contributed by atoms with Crippen molar-refractivity contribution in [2.24, 2.45) is 0 Å². The van der Waals surface area contributed by atoms with Gasteiger partial charge in [0.25, 0.3) is 0 Å². The summed E-state index contributed by atoms with van der Waals surface area (Å²) >= 11 is 0. The maximum absolute atomic E-state index is 9.36. The standard InChI is InChI=1S/C17H12N4O2/c1-8-5-11-10-4-3-9(22-2)6-13(10)23-17-14(11)15(20-8)12(7-18)16(19)21-17/h3-6,19-20H,1-2H3. The van der Waals surface area contributed by atoms with Crippen LogP contribution in [0.2, 0.25) is 0 Å². The summed E-state index contributed by atoms with van der Waals surface area (Å²) in [5, 5.41) is 19.9. The molecule has 0 atom stereocenters. The maximum Gasteiger partial charge on any atom is 0.231 e. The van der Waals surface area contributed by atoms with Crippen molar-refractivity contribution < 1.29 is 9.15 Å². The molecule has 0 bridgehead atoms. The first kappa shape index (κ1) is 13.3. The minimum Gasteiger partial charge on any atom is -0.497 e. The lowest BCUT2D eigenvalue weighted by Gasteiger charge is -2.11. The minimum atomic E-state index is -0.103. The van der Waals surface area contributed by atoms with Gasteiger partial charge in [0.15, 0.2) is 5.49 Å². The molecule has 0 aliphatic heterocycles. The first-order valence-electron chi connectivity index (χ1n) is 7.01. The average molecular weight is 304 g/mol. The number of pyridine rings is 2. The van der Waals surface area contributed by atoms with Gasteiger partial charge in [0.1, 0.15) is 23.0 Å². The third-order valence-electron chi connectivity index (χ3n) is 3.91. The van der Waals surface area contributed by atoms with Gasteiger partial charge in [-0.2, -0.15) is 10.2 Å². The molecule has 0 aliphatic rings. The van der Waals surface area contributed by atoms with Gasteiger partial charge in [0.05, 0.1) is 18.0 Å². The number of H-pyrrole nitrogens is 1. The molecule has 3 aromatic heterocycles. The van der Waals surface area contributed by atoms with Gasteiger partial charge in [-0.3, -0.25) is 5.41 Å². The first-order valence-corrected chi connectivity index (χ1v) is 7.01. The van der Waals surface area contributed by atoms with E-state index in [2.05, 4.69) is 16.0 Å². The smallest absolute Gasteiger partial charge is 0.231 e. The molecule has 1 aromatic carbocycles. The van der Waals surface area contributed by atoms with Gasteiger partial charge in [-0.05, 0) is 25.1 Å². The van der Waals surface area contributed by atoms with E-state index in [1.807, 2.05) is 25.1 Å². The summed E-state index contributed by atoms with van der Waals surface area (Å²) in [6.07, 6.45) is 0. The van der Waals surface area contributed by atoms with E-state index >= 15 is 0 Å². The molecule has 4 aromatic rings. The Balaban J connectivity index is 2.34. The van der Waals surface area contributed by atoms with E-state index in [0.29, 0.717) is 22.6 Å². The number of nitrogens with one attached hydrogen (secondary N) is 2. The molecule has 6 nitrogen and oxygen atoms in total. The van der Waals surface area contributed by atoms with Gasteiger partial charge in [-0.25, -0.2) is 0 Å². The summed E-state index contributed by atoms with van der Waals surface area (Å²) in [4.78, 5) is 7.31. The van der Waals surface area contributed by atoms with Crippen LogP contribution in [-0.4, -0.2) is 17.1 Å². The zero-order valence-electron chi connectivity index (χ0n) is 12.5. The van der Waals surface area contributed by atoms with Gasteiger partial charge >= 0.3 is 0 Å². The highest BCUT2D eigenvalue weighted by Gasteiger charge is 2.16. The number of hydrogen-bond acceptors (Lipinski definition) is 5. The van der Waals surface area contributed by atoms with Gasteiger partial charge in [0.2, 0.25) is 5.71 Å². The van der Waals surface area contributed by atoms with E-state index in [0.717, 1.165) is 21.9 Å². The Kier molecular flexibility index (Phi) is 2.66. The van der Waals surface area contributed by atoms with Gasteiger partial charge in [-0.1, -0.05) is 0 Å². The second-order valence-electron chi connectivity index (χ2n) is 5.33. The Morgan fingerprint density at radius 3 is 2.87 bits per heavy atom. The highest BCUT2D eigenvalue weighted by molar-refractivity contribution is 6.16. The molecule has 0 aliphatic carbocycles. The Morgan fingerprint density at radius 2 is 2.13 bits per heavy atom. The number of methoxy groups -OCH3 is 1. The highest BCUT2D eigenvalue weighted by Crippen LogP contribution is 2.34. The van der Waals surface area contributed by atoms with Crippen LogP contribution in [-0.2, 0) is 0 Å². The van der Waals surface area contributed by atoms with Crippen molar-refractivity contribution in [1.29, 1.82) is 10.7 Å². The van der Waals surface area contributed by atoms with E-state index in [4.69, 9.17) is 14.6 Å². The second kappa shape index (κ2) is 4.58. The van der Waals surface area contributed by atoms with Crippen molar-refractivity contribution in [3.05, 3.63) is 41.0 Å². The van der Waals surface area contributed by atoms with Crippen LogP contribution in [0.15, 0.2) is 28.7 Å². The van der Waals surface area contributed by atoms with Gasteiger partial charge in [-0.15, -0.1) is 0 Å². The number of nitriles is 1. The van der Waals surface area contributed by atoms with Crippen molar-refractivity contribution in [3.8, 4) is 11.8 Å². The molecular weight excluding hydrogens is 292 g/mol. The minimum absolute atomic E-state index is 0.103. The maximum atomic E-state index is 9.36. The molecule has 23 heavy (non-hydrogen) atoms. The first-order chi connectivity index (χ1) is 11.1. The molecule has 0 saturated carbocycles. The number of ether oxygens (including phenoxy) is 1. The van der Waals surface area contributed by atoms with Crippen LogP contribution in [0.5, 0.6) is 5.75 Å².